The Bertz CT molecular complexity index is 604. The van der Waals surface area contributed by atoms with E-state index in [9.17, 15) is 53.6 Å². The van der Waals surface area contributed by atoms with Crippen molar-refractivity contribution in [1.29, 1.82) is 0 Å². The van der Waals surface area contributed by atoms with Gasteiger partial charge in [0.1, 0.15) is 6.79 Å². The van der Waals surface area contributed by atoms with Crippen LogP contribution in [0.25, 0.3) is 0 Å². The smallest absolute Gasteiger partial charge is 0.357 e. The number of hydrogen-bond donors (Lipinski definition) is 10. The number of aliphatic carboxylic acids is 1. The van der Waals surface area contributed by atoms with E-state index in [0.29, 0.717) is 0 Å². The number of ether oxygens (including phenoxy) is 1. The molecule has 32 heavy (non-hydrogen) atoms. The molecule has 0 aromatic heterocycles. The molecule has 0 aromatic carbocycles. The molecule has 0 saturated heterocycles. The van der Waals surface area contributed by atoms with Crippen molar-refractivity contribution >= 4 is 39.4 Å². The van der Waals surface area contributed by atoms with Gasteiger partial charge in [-0.3, -0.25) is 22.9 Å². The zero-order valence-electron chi connectivity index (χ0n) is 16.9. The Kier molecular flexibility index (Phi) is 14.3. The van der Waals surface area contributed by atoms with Crippen LogP contribution in [0.5, 0.6) is 0 Å². The van der Waals surface area contributed by atoms with Crippen molar-refractivity contribution in [3.8, 4) is 0 Å². The Balaban J connectivity index is 6.32. The molecule has 0 amide bonds. The number of rotatable bonds is 17. The van der Waals surface area contributed by atoms with Crippen molar-refractivity contribution < 1.29 is 77.0 Å². The summed E-state index contributed by atoms with van der Waals surface area (Å²) in [5, 5.41) is 15.9. The molecule has 0 fully saturated rings. The van der Waals surface area contributed by atoms with Crippen LogP contribution in [-0.4, -0.2) is 79.4 Å². The number of carboxylic acid groups (broad SMARTS) is 1. The maximum absolute atomic E-state index is 12.1. The van der Waals surface area contributed by atoms with Gasteiger partial charge in [0, 0.05) is 19.3 Å². The second-order valence-electron chi connectivity index (χ2n) is 6.54. The topological polar surface area (TPSA) is 273 Å². The lowest BCUT2D eigenvalue weighted by atomic mass is 9.90. The van der Waals surface area contributed by atoms with Gasteiger partial charge in [-0.2, -0.15) is 0 Å². The van der Waals surface area contributed by atoms with Gasteiger partial charge >= 0.3 is 39.4 Å². The van der Waals surface area contributed by atoms with Gasteiger partial charge in [0.15, 0.2) is 11.1 Å². The van der Waals surface area contributed by atoms with Crippen molar-refractivity contribution in [3.05, 3.63) is 0 Å². The number of carbonyl (C=O) groups is 1. The lowest BCUT2D eigenvalue weighted by molar-refractivity contribution is -0.181. The summed E-state index contributed by atoms with van der Waals surface area (Å²) in [6.45, 7) is 1.69. The molecule has 16 nitrogen and oxygen atoms in total. The second-order valence-corrected chi connectivity index (χ2v) is 10.5. The summed E-state index contributed by atoms with van der Waals surface area (Å²) in [5.41, 5.74) is 0. The highest BCUT2D eigenvalue weighted by molar-refractivity contribution is 7.54. The lowest BCUT2D eigenvalue weighted by Crippen LogP contribution is -2.43. The summed E-state index contributed by atoms with van der Waals surface area (Å²) in [6.07, 6.45) is -4.20. The molecule has 10 N–H and O–H groups in total. The Morgan fingerprint density at radius 3 is 1.72 bits per heavy atom. The summed E-state index contributed by atoms with van der Waals surface area (Å²) >= 11 is 0. The fraction of sp³-hybridized carbons (Fsp3) is 0.917. The third kappa shape index (κ3) is 10.8. The van der Waals surface area contributed by atoms with E-state index < -0.39 is 95.0 Å². The van der Waals surface area contributed by atoms with Crippen LogP contribution >= 0.6 is 33.4 Å². The zero-order chi connectivity index (χ0) is 25.3. The predicted molar refractivity (Wildman–Crippen MR) is 108 cm³/mol. The molecule has 0 aliphatic carbocycles. The standard InChI is InChI=1S/C12H28O16P4/c1-3-12(28-31(20)21,32(22,23)24)6-9(10(14)15)5-11(26-29(16)17,27-30(18)19)4-8(2)25-7-13/h8-9,13,16-21H,3-7H2,1-2H3,(H,14,15)(H2,22,23,24). The monoisotopic (exact) mass is 552 g/mol. The largest absolute Gasteiger partial charge is 0.481 e. The van der Waals surface area contributed by atoms with Crippen LogP contribution in [0.3, 0.4) is 0 Å². The number of aliphatic hydroxyl groups excluding tert-OH is 1. The van der Waals surface area contributed by atoms with Gasteiger partial charge in [-0.05, 0) is 13.3 Å². The summed E-state index contributed by atoms with van der Waals surface area (Å²) < 4.78 is 31.3. The highest BCUT2D eigenvalue weighted by Gasteiger charge is 2.53. The third-order valence-electron chi connectivity index (χ3n) is 4.26. The zero-order valence-corrected chi connectivity index (χ0v) is 20.5. The fourth-order valence-corrected chi connectivity index (χ4v) is 6.00. The molecule has 0 bridgehead atoms. The molecule has 20 heteroatoms. The molecule has 0 radical (unpaired) electrons. The minimum Gasteiger partial charge on any atom is -0.481 e. The molecule has 3 atom stereocenters. The van der Waals surface area contributed by atoms with Crippen LogP contribution < -0.4 is 0 Å². The van der Waals surface area contributed by atoms with E-state index in [1.165, 1.54) is 13.8 Å². The van der Waals surface area contributed by atoms with Crippen molar-refractivity contribution in [2.75, 3.05) is 6.79 Å². The Morgan fingerprint density at radius 1 is 0.938 bits per heavy atom. The summed E-state index contributed by atoms with van der Waals surface area (Å²) in [5.74, 6) is -6.09. The van der Waals surface area contributed by atoms with Crippen LogP contribution in [0.1, 0.15) is 39.5 Å². The van der Waals surface area contributed by atoms with Crippen molar-refractivity contribution in [2.45, 2.75) is 56.8 Å². The molecule has 0 aliphatic rings. The summed E-state index contributed by atoms with van der Waals surface area (Å²) in [4.78, 5) is 87.1. The van der Waals surface area contributed by atoms with Crippen LogP contribution in [0.15, 0.2) is 0 Å². The van der Waals surface area contributed by atoms with E-state index in [2.05, 4.69) is 4.52 Å². The molecule has 0 aliphatic heterocycles. The van der Waals surface area contributed by atoms with Gasteiger partial charge in [-0.15, -0.1) is 0 Å². The minimum atomic E-state index is -5.33. The van der Waals surface area contributed by atoms with Gasteiger partial charge in [0.25, 0.3) is 0 Å². The first-order valence-corrected chi connectivity index (χ1v) is 13.8. The van der Waals surface area contributed by atoms with E-state index >= 15 is 0 Å². The molecular weight excluding hydrogens is 524 g/mol. The van der Waals surface area contributed by atoms with E-state index in [1.807, 2.05) is 0 Å². The van der Waals surface area contributed by atoms with Gasteiger partial charge < -0.3 is 54.1 Å². The van der Waals surface area contributed by atoms with Crippen LogP contribution in [0.4, 0.5) is 0 Å². The summed E-state index contributed by atoms with van der Waals surface area (Å²) in [6, 6.07) is 0. The van der Waals surface area contributed by atoms with Crippen molar-refractivity contribution in [1.82, 2.24) is 0 Å². The third-order valence-corrected chi connectivity index (χ3v) is 7.56. The van der Waals surface area contributed by atoms with Gasteiger partial charge in [0.05, 0.1) is 12.0 Å². The van der Waals surface area contributed by atoms with Crippen LogP contribution in [-0.2, 0) is 27.7 Å². The average Bonchev–Trinajstić information content (AvgIpc) is 2.57. The summed E-state index contributed by atoms with van der Waals surface area (Å²) in [7, 11) is -15.3. The lowest BCUT2D eigenvalue weighted by Gasteiger charge is -2.39. The molecule has 0 heterocycles. The maximum atomic E-state index is 12.1. The Labute approximate surface area is 186 Å². The van der Waals surface area contributed by atoms with E-state index in [0.717, 1.165) is 0 Å². The highest BCUT2D eigenvalue weighted by atomic mass is 31.2. The number of aliphatic hydroxyl groups is 1. The second kappa shape index (κ2) is 14.1. The van der Waals surface area contributed by atoms with Crippen LogP contribution in [0, 0.1) is 5.92 Å². The molecule has 0 aromatic rings. The van der Waals surface area contributed by atoms with Gasteiger partial charge in [-0.25, -0.2) is 0 Å². The predicted octanol–water partition coefficient (Wildman–Crippen LogP) is -0.123. The number of hydrogen-bond acceptors (Lipinski definition) is 13. The Hall–Kier alpha value is 0.470. The first-order chi connectivity index (χ1) is 14.5. The van der Waals surface area contributed by atoms with Crippen molar-refractivity contribution in [3.63, 3.8) is 0 Å². The van der Waals surface area contributed by atoms with Gasteiger partial charge in [-0.1, -0.05) is 6.92 Å². The molecule has 0 spiro atoms. The quantitative estimate of drug-likeness (QED) is 0.0831. The van der Waals surface area contributed by atoms with E-state index in [-0.39, 0.29) is 0 Å². The molecule has 192 valence electrons. The average molecular weight is 552 g/mol. The SMILES string of the molecule is CCC(CC(CC(CC(C)OCO)(OP(O)O)OP(O)O)C(=O)O)(OP(O)O)P(=O)(O)O. The van der Waals surface area contributed by atoms with Crippen molar-refractivity contribution in [2.24, 2.45) is 5.92 Å². The minimum absolute atomic E-state index is 0.570. The molecule has 0 saturated carbocycles. The van der Waals surface area contributed by atoms with E-state index in [4.69, 9.17) is 18.9 Å². The van der Waals surface area contributed by atoms with Gasteiger partial charge in [0.2, 0.25) is 0 Å². The highest BCUT2D eigenvalue weighted by Crippen LogP contribution is 2.61. The van der Waals surface area contributed by atoms with E-state index in [1.54, 1.807) is 0 Å². The molecule has 0 rings (SSSR count). The van der Waals surface area contributed by atoms with Crippen LogP contribution in [0.2, 0.25) is 0 Å². The first kappa shape index (κ1) is 32.5. The molecular formula is C12H28O16P4. The first-order valence-electron chi connectivity index (χ1n) is 8.65. The number of carboxylic acids is 1. The maximum Gasteiger partial charge on any atom is 0.357 e. The fourth-order valence-electron chi connectivity index (χ4n) is 2.95. The Morgan fingerprint density at radius 2 is 1.41 bits per heavy atom. The molecule has 3 unspecified atom stereocenters. The normalized spacial score (nSPS) is 17.1.